The number of benzene rings is 1. The van der Waals surface area contributed by atoms with E-state index in [2.05, 4.69) is 0 Å². The minimum atomic E-state index is -3.81. The Morgan fingerprint density at radius 3 is 1.71 bits per heavy atom. The predicted octanol–water partition coefficient (Wildman–Crippen LogP) is 1.10. The van der Waals surface area contributed by atoms with Crippen molar-refractivity contribution in [3.05, 3.63) is 47.6 Å². The second-order valence-electron chi connectivity index (χ2n) is 4.39. The first-order chi connectivity index (χ1) is 9.81. The van der Waals surface area contributed by atoms with Crippen molar-refractivity contribution in [1.82, 2.24) is 0 Å². The number of primary sulfonamides is 1. The Kier molecular flexibility index (Phi) is 3.80. The van der Waals surface area contributed by atoms with Gasteiger partial charge in [0.05, 0.1) is 10.6 Å². The molecule has 1 fully saturated rings. The van der Waals surface area contributed by atoms with Gasteiger partial charge >= 0.3 is 0 Å². The Labute approximate surface area is 122 Å². The van der Waals surface area contributed by atoms with Gasteiger partial charge in [0, 0.05) is 11.1 Å². The average molecular weight is 306 g/mol. The maximum atomic E-state index is 12.3. The summed E-state index contributed by atoms with van der Waals surface area (Å²) in [6.45, 7) is 3.36. The zero-order valence-electron chi connectivity index (χ0n) is 11.5. The van der Waals surface area contributed by atoms with Gasteiger partial charge in [-0.15, -0.1) is 0 Å². The predicted molar refractivity (Wildman–Crippen MR) is 77.8 cm³/mol. The van der Waals surface area contributed by atoms with Crippen LogP contribution in [0.2, 0.25) is 0 Å². The lowest BCUT2D eigenvalue weighted by Crippen LogP contribution is -2.29. The Balaban J connectivity index is 2.48. The molecule has 0 radical (unpaired) electrons. The van der Waals surface area contributed by atoms with Crippen LogP contribution in [0.15, 0.2) is 52.5 Å². The molecule has 2 rings (SSSR count). The summed E-state index contributed by atoms with van der Waals surface area (Å²) in [5.41, 5.74) is 0.963. The van der Waals surface area contributed by atoms with Gasteiger partial charge in [0.15, 0.2) is 0 Å². The van der Waals surface area contributed by atoms with Gasteiger partial charge in [-0.1, -0.05) is 12.2 Å². The number of hydrogen-bond acceptors (Lipinski definition) is 4. The smallest absolute Gasteiger partial charge is 0.265 e. The van der Waals surface area contributed by atoms with Gasteiger partial charge in [-0.2, -0.15) is 0 Å². The lowest BCUT2D eigenvalue weighted by molar-refractivity contribution is -0.119. The first kappa shape index (κ1) is 15.1. The number of anilines is 1. The maximum absolute atomic E-state index is 12.3. The molecule has 1 aromatic rings. The Morgan fingerprint density at radius 2 is 1.38 bits per heavy atom. The molecule has 0 aliphatic carbocycles. The minimum absolute atomic E-state index is 0.0807. The molecular weight excluding hydrogens is 292 g/mol. The van der Waals surface area contributed by atoms with Crippen molar-refractivity contribution < 1.29 is 18.0 Å². The number of carbonyl (C=O) groups is 2. The van der Waals surface area contributed by atoms with Gasteiger partial charge < -0.3 is 0 Å². The molecule has 2 amide bonds. The SMILES string of the molecule is C/C=C1/C(=O)N(c2ccc(S(N)(=O)=O)cc2)C(=O)/C1=C/C. The average Bonchev–Trinajstić information content (AvgIpc) is 2.68. The second-order valence-corrected chi connectivity index (χ2v) is 5.95. The second kappa shape index (κ2) is 5.27. The van der Waals surface area contributed by atoms with Crippen molar-refractivity contribution in [1.29, 1.82) is 0 Å². The molecule has 110 valence electrons. The molecule has 0 saturated carbocycles. The summed E-state index contributed by atoms with van der Waals surface area (Å²) in [6.07, 6.45) is 3.16. The Bertz CT molecular complexity index is 744. The van der Waals surface area contributed by atoms with E-state index in [0.29, 0.717) is 16.8 Å². The van der Waals surface area contributed by atoms with Gasteiger partial charge in [0.25, 0.3) is 11.8 Å². The highest BCUT2D eigenvalue weighted by Gasteiger charge is 2.38. The summed E-state index contributed by atoms with van der Waals surface area (Å²) in [5, 5.41) is 5.01. The Hall–Kier alpha value is -2.25. The molecule has 0 bridgehead atoms. The van der Waals surface area contributed by atoms with E-state index in [1.54, 1.807) is 26.0 Å². The third kappa shape index (κ3) is 2.53. The lowest BCUT2D eigenvalue weighted by atomic mass is 10.1. The lowest BCUT2D eigenvalue weighted by Gasteiger charge is -2.13. The number of rotatable bonds is 2. The van der Waals surface area contributed by atoms with Crippen LogP contribution in [0.5, 0.6) is 0 Å². The van der Waals surface area contributed by atoms with Gasteiger partial charge in [-0.25, -0.2) is 18.5 Å². The summed E-state index contributed by atoms with van der Waals surface area (Å²) in [7, 11) is -3.81. The maximum Gasteiger partial charge on any atom is 0.265 e. The molecule has 0 atom stereocenters. The number of allylic oxidation sites excluding steroid dienone is 2. The quantitative estimate of drug-likeness (QED) is 0.653. The van der Waals surface area contributed by atoms with E-state index in [1.807, 2.05) is 0 Å². The first-order valence-electron chi connectivity index (χ1n) is 6.16. The molecule has 0 aromatic heterocycles. The third-order valence-corrected chi connectivity index (χ3v) is 4.09. The summed E-state index contributed by atoms with van der Waals surface area (Å²) in [5.74, 6) is -0.863. The molecule has 1 heterocycles. The number of carbonyl (C=O) groups excluding carboxylic acids is 2. The molecule has 7 heteroatoms. The summed E-state index contributed by atoms with van der Waals surface area (Å²) >= 11 is 0. The molecule has 0 spiro atoms. The van der Waals surface area contributed by atoms with E-state index >= 15 is 0 Å². The minimum Gasteiger partial charge on any atom is -0.268 e. The van der Waals surface area contributed by atoms with Crippen LogP contribution in [0.1, 0.15) is 13.8 Å². The normalized spacial score (nSPS) is 19.9. The van der Waals surface area contributed by atoms with Crippen molar-refractivity contribution in [3.8, 4) is 0 Å². The van der Waals surface area contributed by atoms with Crippen molar-refractivity contribution in [2.45, 2.75) is 18.7 Å². The van der Waals surface area contributed by atoms with Gasteiger partial charge in [0.2, 0.25) is 10.0 Å². The van der Waals surface area contributed by atoms with Crippen molar-refractivity contribution in [2.24, 2.45) is 5.14 Å². The van der Waals surface area contributed by atoms with E-state index in [1.165, 1.54) is 24.3 Å². The highest BCUT2D eigenvalue weighted by molar-refractivity contribution is 7.89. The molecule has 1 saturated heterocycles. The fourth-order valence-electron chi connectivity index (χ4n) is 2.14. The van der Waals surface area contributed by atoms with Gasteiger partial charge in [-0.05, 0) is 38.1 Å². The standard InChI is InChI=1S/C14H14N2O4S/c1-3-11-12(4-2)14(18)16(13(11)17)9-5-7-10(8-6-9)21(15,19)20/h3-8H,1-2H3,(H2,15,19,20)/b11-3+,12-4+. The molecule has 1 aromatic carbocycles. The van der Waals surface area contributed by atoms with Crippen LogP contribution in [-0.4, -0.2) is 20.2 Å². The van der Waals surface area contributed by atoms with Gasteiger partial charge in [0.1, 0.15) is 0 Å². The zero-order valence-corrected chi connectivity index (χ0v) is 12.3. The van der Waals surface area contributed by atoms with E-state index in [9.17, 15) is 18.0 Å². The van der Waals surface area contributed by atoms with Crippen molar-refractivity contribution in [3.63, 3.8) is 0 Å². The zero-order chi connectivity index (χ0) is 15.8. The number of nitrogens with two attached hydrogens (primary N) is 1. The van der Waals surface area contributed by atoms with Crippen LogP contribution in [-0.2, 0) is 19.6 Å². The van der Waals surface area contributed by atoms with Crippen LogP contribution < -0.4 is 10.0 Å². The molecule has 1 aliphatic heterocycles. The van der Waals surface area contributed by atoms with E-state index < -0.39 is 21.8 Å². The number of hydrogen-bond donors (Lipinski definition) is 1. The topological polar surface area (TPSA) is 97.5 Å². The fourth-order valence-corrected chi connectivity index (χ4v) is 2.66. The first-order valence-corrected chi connectivity index (χ1v) is 7.70. The molecule has 21 heavy (non-hydrogen) atoms. The number of amides is 2. The van der Waals surface area contributed by atoms with Crippen LogP contribution in [0, 0.1) is 0 Å². The van der Waals surface area contributed by atoms with Crippen molar-refractivity contribution >= 4 is 27.5 Å². The monoisotopic (exact) mass is 306 g/mol. The van der Waals surface area contributed by atoms with E-state index in [-0.39, 0.29) is 4.90 Å². The summed E-state index contributed by atoms with van der Waals surface area (Å²) in [6, 6.07) is 5.27. The number of imide groups is 1. The number of sulfonamides is 1. The summed E-state index contributed by atoms with van der Waals surface area (Å²) < 4.78 is 22.4. The molecule has 6 nitrogen and oxygen atoms in total. The van der Waals surface area contributed by atoms with Crippen LogP contribution in [0.3, 0.4) is 0 Å². The Morgan fingerprint density at radius 1 is 0.952 bits per heavy atom. The van der Waals surface area contributed by atoms with Crippen LogP contribution in [0.25, 0.3) is 0 Å². The van der Waals surface area contributed by atoms with Crippen LogP contribution in [0.4, 0.5) is 5.69 Å². The van der Waals surface area contributed by atoms with Crippen LogP contribution >= 0.6 is 0 Å². The number of nitrogens with zero attached hydrogens (tertiary/aromatic N) is 1. The van der Waals surface area contributed by atoms with Gasteiger partial charge in [-0.3, -0.25) is 9.59 Å². The summed E-state index contributed by atoms with van der Waals surface area (Å²) in [4.78, 5) is 25.4. The molecule has 1 aliphatic rings. The third-order valence-electron chi connectivity index (χ3n) is 3.16. The van der Waals surface area contributed by atoms with Crippen molar-refractivity contribution in [2.75, 3.05) is 4.90 Å². The highest BCUT2D eigenvalue weighted by Crippen LogP contribution is 2.30. The van der Waals surface area contributed by atoms with E-state index in [4.69, 9.17) is 5.14 Å². The van der Waals surface area contributed by atoms with E-state index in [0.717, 1.165) is 4.90 Å². The molecule has 0 unspecified atom stereocenters. The molecule has 2 N–H and O–H groups in total. The highest BCUT2D eigenvalue weighted by atomic mass is 32.2. The molecular formula is C14H14N2O4S. The fraction of sp³-hybridized carbons (Fsp3) is 0.143. The largest absolute Gasteiger partial charge is 0.268 e.